The number of nitrogens with zero attached hydrogens (tertiary/aromatic N) is 6. The molecule has 0 spiro atoms. The number of hydrogen-bond donors (Lipinski definition) is 1. The fraction of sp³-hybridized carbons (Fsp3) is 0.565. The minimum Gasteiger partial charge on any atom is -0.378 e. The Labute approximate surface area is 204 Å². The van der Waals surface area contributed by atoms with E-state index in [0.717, 1.165) is 36.4 Å². The Morgan fingerprint density at radius 1 is 1.00 bits per heavy atom. The summed E-state index contributed by atoms with van der Waals surface area (Å²) in [7, 11) is 0. The van der Waals surface area contributed by atoms with Crippen LogP contribution in [0.15, 0.2) is 35.5 Å². The molecule has 0 unspecified atom stereocenters. The zero-order valence-corrected chi connectivity index (χ0v) is 20.7. The van der Waals surface area contributed by atoms with Crippen LogP contribution >= 0.6 is 11.8 Å². The molecule has 3 amide bonds. The van der Waals surface area contributed by atoms with Crippen molar-refractivity contribution in [3.8, 4) is 0 Å². The lowest BCUT2D eigenvalue weighted by Crippen LogP contribution is -2.52. The first-order valence-electron chi connectivity index (χ1n) is 11.8. The third-order valence-electron chi connectivity index (χ3n) is 5.81. The molecule has 34 heavy (non-hydrogen) atoms. The second-order valence-electron chi connectivity index (χ2n) is 8.84. The van der Waals surface area contributed by atoms with Gasteiger partial charge in [0.25, 0.3) is 0 Å². The van der Waals surface area contributed by atoms with Crippen LogP contribution in [0.4, 0.5) is 16.4 Å². The largest absolute Gasteiger partial charge is 0.378 e. The Bertz CT molecular complexity index is 955. The van der Waals surface area contributed by atoms with Gasteiger partial charge in [0.15, 0.2) is 5.16 Å². The fourth-order valence-electron chi connectivity index (χ4n) is 4.01. The number of rotatable bonds is 7. The van der Waals surface area contributed by atoms with Gasteiger partial charge in [0, 0.05) is 51.5 Å². The van der Waals surface area contributed by atoms with E-state index in [2.05, 4.69) is 38.8 Å². The van der Waals surface area contributed by atoms with Gasteiger partial charge in [-0.25, -0.2) is 4.79 Å². The molecule has 0 saturated carbocycles. The summed E-state index contributed by atoms with van der Waals surface area (Å²) in [5.41, 5.74) is 0.768. The molecule has 1 aromatic carbocycles. The molecule has 1 N–H and O–H groups in total. The van der Waals surface area contributed by atoms with Crippen molar-refractivity contribution >= 4 is 35.3 Å². The van der Waals surface area contributed by atoms with Gasteiger partial charge < -0.3 is 24.8 Å². The molecule has 10 nitrogen and oxygen atoms in total. The van der Waals surface area contributed by atoms with Gasteiger partial charge in [-0.05, 0) is 18.1 Å². The molecule has 1 aromatic heterocycles. The van der Waals surface area contributed by atoms with Crippen molar-refractivity contribution in [3.63, 3.8) is 0 Å². The summed E-state index contributed by atoms with van der Waals surface area (Å²) in [5.74, 6) is 1.64. The second-order valence-corrected chi connectivity index (χ2v) is 9.78. The van der Waals surface area contributed by atoms with Crippen molar-refractivity contribution in [2.24, 2.45) is 5.92 Å². The molecule has 3 heterocycles. The van der Waals surface area contributed by atoms with E-state index in [1.165, 1.54) is 11.8 Å². The molecule has 11 heteroatoms. The SMILES string of the molecule is CC(C)Cn1c(SCC(=O)N2CCN(C(=O)Nc3ccccc3)CC2)nnc1N1CCOCC1. The van der Waals surface area contributed by atoms with E-state index in [0.29, 0.717) is 51.1 Å². The van der Waals surface area contributed by atoms with Gasteiger partial charge >= 0.3 is 6.03 Å². The molecule has 0 bridgehead atoms. The molecule has 0 radical (unpaired) electrons. The molecular weight excluding hydrogens is 454 g/mol. The number of thioether (sulfide) groups is 1. The van der Waals surface area contributed by atoms with Crippen molar-refractivity contribution in [1.29, 1.82) is 0 Å². The van der Waals surface area contributed by atoms with Crippen molar-refractivity contribution in [3.05, 3.63) is 30.3 Å². The van der Waals surface area contributed by atoms with Crippen LogP contribution in [0.25, 0.3) is 0 Å². The number of morpholine rings is 1. The number of anilines is 2. The van der Waals surface area contributed by atoms with Crippen LogP contribution < -0.4 is 10.2 Å². The van der Waals surface area contributed by atoms with Gasteiger partial charge in [0.05, 0.1) is 19.0 Å². The number of carbonyl (C=O) groups excluding carboxylic acids is 2. The lowest BCUT2D eigenvalue weighted by atomic mass is 10.2. The average Bonchev–Trinajstić information content (AvgIpc) is 3.25. The molecule has 2 aromatic rings. The predicted molar refractivity (Wildman–Crippen MR) is 132 cm³/mol. The van der Waals surface area contributed by atoms with E-state index in [4.69, 9.17) is 4.74 Å². The van der Waals surface area contributed by atoms with E-state index in [1.54, 1.807) is 4.90 Å². The molecule has 2 aliphatic heterocycles. The van der Waals surface area contributed by atoms with Gasteiger partial charge in [-0.2, -0.15) is 0 Å². The summed E-state index contributed by atoms with van der Waals surface area (Å²) >= 11 is 1.43. The van der Waals surface area contributed by atoms with Gasteiger partial charge in [0.1, 0.15) is 0 Å². The number of para-hydroxylation sites is 1. The minimum atomic E-state index is -0.134. The highest BCUT2D eigenvalue weighted by Gasteiger charge is 2.26. The van der Waals surface area contributed by atoms with Gasteiger partial charge in [-0.15, -0.1) is 10.2 Å². The molecule has 0 aliphatic carbocycles. The highest BCUT2D eigenvalue weighted by molar-refractivity contribution is 7.99. The molecule has 2 saturated heterocycles. The van der Waals surface area contributed by atoms with Crippen LogP contribution in [0.2, 0.25) is 0 Å². The second kappa shape index (κ2) is 11.6. The molecule has 2 fully saturated rings. The lowest BCUT2D eigenvalue weighted by molar-refractivity contribution is -0.129. The number of aromatic nitrogens is 3. The number of carbonyl (C=O) groups is 2. The number of ether oxygens (including phenoxy) is 1. The summed E-state index contributed by atoms with van der Waals surface area (Å²) in [6, 6.07) is 9.26. The number of amides is 3. The average molecular weight is 488 g/mol. The fourth-order valence-corrected chi connectivity index (χ4v) is 4.86. The third-order valence-corrected chi connectivity index (χ3v) is 6.76. The standard InChI is InChI=1S/C23H33N7O3S/c1-18(2)16-30-21(28-12-14-33-15-13-28)25-26-23(30)34-17-20(31)27-8-10-29(11-9-27)22(32)24-19-6-4-3-5-7-19/h3-7,18H,8-17H2,1-2H3,(H,24,32). The summed E-state index contributed by atoms with van der Waals surface area (Å²) < 4.78 is 7.59. The predicted octanol–water partition coefficient (Wildman–Crippen LogP) is 2.24. The van der Waals surface area contributed by atoms with Crippen molar-refractivity contribution in [2.45, 2.75) is 25.5 Å². The molecular formula is C23H33N7O3S. The van der Waals surface area contributed by atoms with Crippen LogP contribution in [0, 0.1) is 5.92 Å². The van der Waals surface area contributed by atoms with Gasteiger partial charge in [-0.3, -0.25) is 9.36 Å². The number of urea groups is 1. The molecule has 2 aliphatic rings. The molecule has 0 atom stereocenters. The zero-order valence-electron chi connectivity index (χ0n) is 19.9. The molecule has 184 valence electrons. The van der Waals surface area contributed by atoms with E-state index < -0.39 is 0 Å². The lowest BCUT2D eigenvalue weighted by Gasteiger charge is -2.34. The maximum absolute atomic E-state index is 12.9. The number of benzene rings is 1. The maximum atomic E-state index is 12.9. The number of piperazine rings is 1. The summed E-state index contributed by atoms with van der Waals surface area (Å²) in [6.07, 6.45) is 0. The topological polar surface area (TPSA) is 95.8 Å². The van der Waals surface area contributed by atoms with Crippen LogP contribution in [-0.2, 0) is 16.1 Å². The van der Waals surface area contributed by atoms with E-state index in [1.807, 2.05) is 35.2 Å². The van der Waals surface area contributed by atoms with E-state index >= 15 is 0 Å². The Balaban J connectivity index is 1.29. The Morgan fingerprint density at radius 3 is 2.35 bits per heavy atom. The Hall–Kier alpha value is -2.79. The summed E-state index contributed by atoms with van der Waals surface area (Å²) in [5, 5.41) is 12.5. The van der Waals surface area contributed by atoms with Crippen LogP contribution in [0.1, 0.15) is 13.8 Å². The number of nitrogens with one attached hydrogen (secondary N) is 1. The van der Waals surface area contributed by atoms with Gasteiger partial charge in [0.2, 0.25) is 11.9 Å². The first-order chi connectivity index (χ1) is 16.5. The first-order valence-corrected chi connectivity index (χ1v) is 12.8. The van der Waals surface area contributed by atoms with Crippen molar-refractivity contribution in [2.75, 3.05) is 68.5 Å². The van der Waals surface area contributed by atoms with Crippen LogP contribution in [-0.4, -0.2) is 94.7 Å². The normalized spacial score (nSPS) is 16.7. The maximum Gasteiger partial charge on any atom is 0.321 e. The zero-order chi connectivity index (χ0) is 23.9. The van der Waals surface area contributed by atoms with Gasteiger partial charge in [-0.1, -0.05) is 43.8 Å². The number of hydrogen-bond acceptors (Lipinski definition) is 7. The quantitative estimate of drug-likeness (QED) is 0.599. The molecule has 4 rings (SSSR count). The van der Waals surface area contributed by atoms with Crippen molar-refractivity contribution in [1.82, 2.24) is 24.6 Å². The minimum absolute atomic E-state index is 0.0557. The first kappa shape index (κ1) is 24.3. The Kier molecular flexibility index (Phi) is 8.28. The summed E-state index contributed by atoms with van der Waals surface area (Å²) in [4.78, 5) is 31.1. The van der Waals surface area contributed by atoms with Crippen molar-refractivity contribution < 1.29 is 14.3 Å². The van der Waals surface area contributed by atoms with E-state index in [9.17, 15) is 9.59 Å². The monoisotopic (exact) mass is 487 g/mol. The smallest absolute Gasteiger partial charge is 0.321 e. The highest BCUT2D eigenvalue weighted by atomic mass is 32.2. The Morgan fingerprint density at radius 2 is 1.68 bits per heavy atom. The summed E-state index contributed by atoms with van der Waals surface area (Å²) in [6.45, 7) is 10.2. The van der Waals surface area contributed by atoms with E-state index in [-0.39, 0.29) is 11.9 Å². The highest BCUT2D eigenvalue weighted by Crippen LogP contribution is 2.24. The third kappa shape index (κ3) is 6.20. The van der Waals surface area contributed by atoms with Crippen LogP contribution in [0.5, 0.6) is 0 Å². The van der Waals surface area contributed by atoms with Crippen LogP contribution in [0.3, 0.4) is 0 Å².